The molecule has 1 fully saturated rings. The number of carbonyl (C=O) groups excluding carboxylic acids is 2. The molecule has 0 N–H and O–H groups in total. The van der Waals surface area contributed by atoms with Crippen LogP contribution in [0, 0.1) is 5.41 Å². The summed E-state index contributed by atoms with van der Waals surface area (Å²) in [5, 5.41) is 0. The highest BCUT2D eigenvalue weighted by molar-refractivity contribution is 6.06. The lowest BCUT2D eigenvalue weighted by atomic mass is 9.73. The van der Waals surface area contributed by atoms with Gasteiger partial charge in [-0.25, -0.2) is 0 Å². The van der Waals surface area contributed by atoms with Crippen molar-refractivity contribution in [2.75, 3.05) is 6.61 Å². The van der Waals surface area contributed by atoms with Crippen LogP contribution in [0.1, 0.15) is 32.6 Å². The van der Waals surface area contributed by atoms with Crippen LogP contribution < -0.4 is 0 Å². The van der Waals surface area contributed by atoms with Crippen LogP contribution in [0.3, 0.4) is 0 Å². The highest BCUT2D eigenvalue weighted by Gasteiger charge is 2.45. The average molecular weight is 196 g/mol. The largest absolute Gasteiger partial charge is 0.465 e. The number of hydrogen-bond acceptors (Lipinski definition) is 3. The fourth-order valence-electron chi connectivity index (χ4n) is 1.83. The highest BCUT2D eigenvalue weighted by atomic mass is 16.5. The lowest BCUT2D eigenvalue weighted by molar-refractivity contribution is -0.158. The van der Waals surface area contributed by atoms with Gasteiger partial charge in [0.25, 0.3) is 0 Å². The second-order valence-corrected chi connectivity index (χ2v) is 3.53. The van der Waals surface area contributed by atoms with Crippen molar-refractivity contribution >= 4 is 11.8 Å². The van der Waals surface area contributed by atoms with Crippen molar-refractivity contribution in [2.45, 2.75) is 32.6 Å². The minimum absolute atomic E-state index is 0.0443. The molecule has 1 aliphatic carbocycles. The van der Waals surface area contributed by atoms with Crippen LogP contribution in [0.25, 0.3) is 0 Å². The second-order valence-electron chi connectivity index (χ2n) is 3.53. The van der Waals surface area contributed by atoms with Crippen molar-refractivity contribution < 1.29 is 14.3 Å². The SMILES string of the molecule is C=CC1(C(=O)OCC)CCCCC1=O. The van der Waals surface area contributed by atoms with Gasteiger partial charge in [-0.05, 0) is 19.8 Å². The van der Waals surface area contributed by atoms with Crippen LogP contribution in [0.15, 0.2) is 12.7 Å². The number of ketones is 1. The molecule has 0 aromatic rings. The number of esters is 1. The molecule has 0 heterocycles. The molecular weight excluding hydrogens is 180 g/mol. The van der Waals surface area contributed by atoms with E-state index in [0.717, 1.165) is 12.8 Å². The fraction of sp³-hybridized carbons (Fsp3) is 0.636. The summed E-state index contributed by atoms with van der Waals surface area (Å²) in [6.07, 6.45) is 4.22. The van der Waals surface area contributed by atoms with E-state index in [1.807, 2.05) is 0 Å². The summed E-state index contributed by atoms with van der Waals surface area (Å²) in [5.41, 5.74) is -1.05. The molecule has 1 atom stereocenters. The van der Waals surface area contributed by atoms with E-state index in [-0.39, 0.29) is 5.78 Å². The molecule has 3 nitrogen and oxygen atoms in total. The molecule has 0 amide bonds. The van der Waals surface area contributed by atoms with Gasteiger partial charge in [-0.3, -0.25) is 9.59 Å². The van der Waals surface area contributed by atoms with E-state index in [1.165, 1.54) is 6.08 Å². The molecule has 0 aromatic carbocycles. The Morgan fingerprint density at radius 3 is 2.86 bits per heavy atom. The number of ether oxygens (including phenoxy) is 1. The first-order valence-corrected chi connectivity index (χ1v) is 5.01. The Kier molecular flexibility index (Phi) is 3.44. The van der Waals surface area contributed by atoms with Crippen molar-refractivity contribution in [3.63, 3.8) is 0 Å². The summed E-state index contributed by atoms with van der Waals surface area (Å²) in [4.78, 5) is 23.3. The van der Waals surface area contributed by atoms with Crippen LogP contribution >= 0.6 is 0 Å². The molecule has 1 aliphatic rings. The number of rotatable bonds is 3. The predicted molar refractivity (Wildman–Crippen MR) is 52.7 cm³/mol. The van der Waals surface area contributed by atoms with Crippen molar-refractivity contribution in [3.8, 4) is 0 Å². The van der Waals surface area contributed by atoms with Gasteiger partial charge >= 0.3 is 5.97 Å². The summed E-state index contributed by atoms with van der Waals surface area (Å²) < 4.78 is 4.92. The first-order chi connectivity index (χ1) is 6.67. The molecule has 0 saturated heterocycles. The van der Waals surface area contributed by atoms with E-state index in [1.54, 1.807) is 6.92 Å². The monoisotopic (exact) mass is 196 g/mol. The maximum Gasteiger partial charge on any atom is 0.323 e. The molecule has 0 spiro atoms. The fourth-order valence-corrected chi connectivity index (χ4v) is 1.83. The van der Waals surface area contributed by atoms with Crippen LogP contribution in [0.4, 0.5) is 0 Å². The van der Waals surface area contributed by atoms with E-state index in [4.69, 9.17) is 4.74 Å². The number of hydrogen-bond donors (Lipinski definition) is 0. The lowest BCUT2D eigenvalue weighted by Gasteiger charge is -2.30. The molecular formula is C11H16O3. The minimum Gasteiger partial charge on any atom is -0.465 e. The Balaban J connectivity index is 2.88. The Hall–Kier alpha value is -1.12. The van der Waals surface area contributed by atoms with Crippen molar-refractivity contribution in [3.05, 3.63) is 12.7 Å². The Morgan fingerprint density at radius 1 is 1.64 bits per heavy atom. The van der Waals surface area contributed by atoms with Gasteiger partial charge in [0.15, 0.2) is 5.78 Å². The van der Waals surface area contributed by atoms with Gasteiger partial charge in [0.1, 0.15) is 5.41 Å². The summed E-state index contributed by atoms with van der Waals surface area (Å²) in [7, 11) is 0. The van der Waals surface area contributed by atoms with Crippen LogP contribution in [-0.4, -0.2) is 18.4 Å². The molecule has 0 aromatic heterocycles. The van der Waals surface area contributed by atoms with Gasteiger partial charge in [-0.2, -0.15) is 0 Å². The molecule has 1 saturated carbocycles. The van der Waals surface area contributed by atoms with Gasteiger partial charge in [-0.15, -0.1) is 6.58 Å². The maximum atomic E-state index is 11.7. The van der Waals surface area contributed by atoms with Gasteiger partial charge < -0.3 is 4.74 Å². The van der Waals surface area contributed by atoms with E-state index >= 15 is 0 Å². The van der Waals surface area contributed by atoms with Crippen LogP contribution in [-0.2, 0) is 14.3 Å². The zero-order valence-electron chi connectivity index (χ0n) is 8.54. The smallest absolute Gasteiger partial charge is 0.323 e. The summed E-state index contributed by atoms with van der Waals surface area (Å²) in [5.74, 6) is -0.475. The molecule has 0 bridgehead atoms. The Bertz CT molecular complexity index is 257. The molecule has 0 radical (unpaired) electrons. The molecule has 78 valence electrons. The van der Waals surface area contributed by atoms with E-state index < -0.39 is 11.4 Å². The summed E-state index contributed by atoms with van der Waals surface area (Å²) in [6.45, 7) is 5.63. The number of Topliss-reactive ketones (excluding diaryl/α,β-unsaturated/α-hetero) is 1. The predicted octanol–water partition coefficient (Wildman–Crippen LogP) is 1.86. The highest BCUT2D eigenvalue weighted by Crippen LogP contribution is 2.35. The Labute approximate surface area is 84.1 Å². The normalized spacial score (nSPS) is 27.1. The Morgan fingerprint density at radius 2 is 2.36 bits per heavy atom. The van der Waals surface area contributed by atoms with Gasteiger partial charge in [0.2, 0.25) is 0 Å². The van der Waals surface area contributed by atoms with Crippen LogP contribution in [0.2, 0.25) is 0 Å². The molecule has 3 heteroatoms. The first-order valence-electron chi connectivity index (χ1n) is 5.01. The molecule has 0 aliphatic heterocycles. The van der Waals surface area contributed by atoms with Gasteiger partial charge in [0.05, 0.1) is 6.61 Å². The van der Waals surface area contributed by atoms with Crippen molar-refractivity contribution in [1.29, 1.82) is 0 Å². The maximum absolute atomic E-state index is 11.7. The minimum atomic E-state index is -1.05. The average Bonchev–Trinajstić information content (AvgIpc) is 2.19. The third-order valence-electron chi connectivity index (χ3n) is 2.71. The lowest BCUT2D eigenvalue weighted by Crippen LogP contribution is -2.41. The van der Waals surface area contributed by atoms with Crippen molar-refractivity contribution in [2.24, 2.45) is 5.41 Å². The summed E-state index contributed by atoms with van der Waals surface area (Å²) >= 11 is 0. The van der Waals surface area contributed by atoms with E-state index in [2.05, 4.69) is 6.58 Å². The summed E-state index contributed by atoms with van der Waals surface area (Å²) in [6, 6.07) is 0. The third kappa shape index (κ3) is 1.72. The first kappa shape index (κ1) is 11.0. The number of carbonyl (C=O) groups is 2. The quantitative estimate of drug-likeness (QED) is 0.393. The van der Waals surface area contributed by atoms with E-state index in [9.17, 15) is 9.59 Å². The second kappa shape index (κ2) is 4.40. The topological polar surface area (TPSA) is 43.4 Å². The molecule has 14 heavy (non-hydrogen) atoms. The molecule has 1 unspecified atom stereocenters. The zero-order valence-corrected chi connectivity index (χ0v) is 8.54. The standard InChI is InChI=1S/C11H16O3/c1-3-11(10(13)14-4-2)8-6-5-7-9(11)12/h3H,1,4-8H2,2H3. The third-order valence-corrected chi connectivity index (χ3v) is 2.71. The van der Waals surface area contributed by atoms with Crippen LogP contribution in [0.5, 0.6) is 0 Å². The van der Waals surface area contributed by atoms with Gasteiger partial charge in [-0.1, -0.05) is 12.5 Å². The molecule has 1 rings (SSSR count). The van der Waals surface area contributed by atoms with Gasteiger partial charge in [0, 0.05) is 6.42 Å². The zero-order chi connectivity index (χ0) is 10.6. The van der Waals surface area contributed by atoms with E-state index in [0.29, 0.717) is 19.4 Å². The van der Waals surface area contributed by atoms with Crippen molar-refractivity contribution in [1.82, 2.24) is 0 Å².